The van der Waals surface area contributed by atoms with Crippen LogP contribution in [-0.2, 0) is 0 Å². The van der Waals surface area contributed by atoms with Gasteiger partial charge in [-0.1, -0.05) is 6.07 Å². The van der Waals surface area contributed by atoms with Crippen molar-refractivity contribution >= 4 is 23.2 Å². The molecule has 0 aliphatic carbocycles. The first-order valence-corrected chi connectivity index (χ1v) is 9.77. The van der Waals surface area contributed by atoms with E-state index in [1.165, 1.54) is 11.3 Å². The molecular weight excluding hydrogens is 376 g/mol. The van der Waals surface area contributed by atoms with E-state index >= 15 is 0 Å². The molecule has 0 radical (unpaired) electrons. The van der Waals surface area contributed by atoms with Crippen LogP contribution in [0.5, 0.6) is 0 Å². The molecule has 3 aromatic rings. The largest absolute Gasteiger partial charge is 0.443 e. The molecule has 1 aliphatic rings. The summed E-state index contributed by atoms with van der Waals surface area (Å²) in [5, 5.41) is 11.5. The summed E-state index contributed by atoms with van der Waals surface area (Å²) in [6.45, 7) is 3.46. The summed E-state index contributed by atoms with van der Waals surface area (Å²) in [5.41, 5.74) is 0.528. The van der Waals surface area contributed by atoms with Crippen LogP contribution in [0.4, 0.5) is 0 Å². The maximum atomic E-state index is 13.1. The summed E-state index contributed by atoms with van der Waals surface area (Å²) in [6, 6.07) is 9.42. The van der Waals surface area contributed by atoms with Crippen LogP contribution < -0.4 is 0 Å². The molecule has 8 heteroatoms. The molecule has 0 spiro atoms. The number of rotatable bonds is 3. The van der Waals surface area contributed by atoms with E-state index in [1.807, 2.05) is 23.6 Å². The molecule has 0 unspecified atom stereocenters. The predicted octanol–water partition coefficient (Wildman–Crippen LogP) is 2.91. The molecule has 0 aromatic carbocycles. The SMILES string of the molecule is Cc1oc(-n2cccc2)c(C#N)c1C(=O)N1CCN(C(=O)c2cccs2)CC1. The smallest absolute Gasteiger partial charge is 0.264 e. The van der Waals surface area contributed by atoms with Crippen molar-refractivity contribution in [2.45, 2.75) is 6.92 Å². The van der Waals surface area contributed by atoms with E-state index in [-0.39, 0.29) is 17.4 Å². The van der Waals surface area contributed by atoms with Crippen LogP contribution in [0.15, 0.2) is 46.5 Å². The minimum Gasteiger partial charge on any atom is -0.443 e. The Morgan fingerprint density at radius 2 is 1.71 bits per heavy atom. The van der Waals surface area contributed by atoms with Gasteiger partial charge < -0.3 is 14.2 Å². The van der Waals surface area contributed by atoms with Gasteiger partial charge in [-0.05, 0) is 30.5 Å². The highest BCUT2D eigenvalue weighted by molar-refractivity contribution is 7.12. The van der Waals surface area contributed by atoms with E-state index in [0.29, 0.717) is 48.3 Å². The fourth-order valence-corrected chi connectivity index (χ4v) is 4.06. The van der Waals surface area contributed by atoms with Crippen LogP contribution in [0.1, 0.15) is 31.4 Å². The first kappa shape index (κ1) is 18.1. The molecule has 1 aliphatic heterocycles. The summed E-state index contributed by atoms with van der Waals surface area (Å²) in [4.78, 5) is 29.7. The van der Waals surface area contributed by atoms with Gasteiger partial charge in [-0.15, -0.1) is 11.3 Å². The number of hydrogen-bond donors (Lipinski definition) is 0. The number of hydrogen-bond acceptors (Lipinski definition) is 5. The maximum absolute atomic E-state index is 13.1. The third-order valence-corrected chi connectivity index (χ3v) is 5.67. The lowest BCUT2D eigenvalue weighted by atomic mass is 10.1. The molecular formula is C20H18N4O3S. The molecule has 3 aromatic heterocycles. The number of furan rings is 1. The highest BCUT2D eigenvalue weighted by atomic mass is 32.1. The van der Waals surface area contributed by atoms with E-state index in [0.717, 1.165) is 0 Å². The summed E-state index contributed by atoms with van der Waals surface area (Å²) in [6.07, 6.45) is 3.53. The van der Waals surface area contributed by atoms with Gasteiger partial charge >= 0.3 is 0 Å². The third kappa shape index (κ3) is 3.10. The number of aromatic nitrogens is 1. The van der Waals surface area contributed by atoms with E-state index in [4.69, 9.17) is 4.42 Å². The Morgan fingerprint density at radius 1 is 1.07 bits per heavy atom. The standard InChI is InChI=1S/C20H18N4O3S/c1-14-17(15(13-21)20(27-14)24-6-2-3-7-24)19(26)23-10-8-22(9-11-23)18(25)16-5-4-12-28-16/h2-7,12H,8-11H2,1H3. The Labute approximate surface area is 166 Å². The molecule has 28 heavy (non-hydrogen) atoms. The van der Waals surface area contributed by atoms with Gasteiger partial charge in [0.1, 0.15) is 23.0 Å². The zero-order chi connectivity index (χ0) is 19.7. The minimum atomic E-state index is -0.237. The zero-order valence-electron chi connectivity index (χ0n) is 15.3. The van der Waals surface area contributed by atoms with Crippen molar-refractivity contribution < 1.29 is 14.0 Å². The van der Waals surface area contributed by atoms with E-state index in [1.54, 1.807) is 39.8 Å². The lowest BCUT2D eigenvalue weighted by Gasteiger charge is -2.34. The van der Waals surface area contributed by atoms with Gasteiger partial charge in [-0.2, -0.15) is 5.26 Å². The molecule has 4 heterocycles. The van der Waals surface area contributed by atoms with Crippen LogP contribution in [0, 0.1) is 18.3 Å². The van der Waals surface area contributed by atoms with Crippen molar-refractivity contribution in [2.75, 3.05) is 26.2 Å². The third-order valence-electron chi connectivity index (χ3n) is 4.82. The first-order chi connectivity index (χ1) is 13.6. The number of thiophene rings is 1. The van der Waals surface area contributed by atoms with Crippen LogP contribution >= 0.6 is 11.3 Å². The monoisotopic (exact) mass is 394 g/mol. The maximum Gasteiger partial charge on any atom is 0.264 e. The topological polar surface area (TPSA) is 82.5 Å². The van der Waals surface area contributed by atoms with Crippen LogP contribution in [0.3, 0.4) is 0 Å². The fourth-order valence-electron chi connectivity index (χ4n) is 3.37. The van der Waals surface area contributed by atoms with E-state index in [9.17, 15) is 14.9 Å². The Bertz CT molecular complexity index is 1040. The predicted molar refractivity (Wildman–Crippen MR) is 104 cm³/mol. The van der Waals surface area contributed by atoms with Crippen molar-refractivity contribution in [1.82, 2.24) is 14.4 Å². The summed E-state index contributed by atoms with van der Waals surface area (Å²) < 4.78 is 7.41. The normalized spacial score (nSPS) is 14.1. The van der Waals surface area contributed by atoms with Gasteiger partial charge in [-0.25, -0.2) is 0 Å². The zero-order valence-corrected chi connectivity index (χ0v) is 16.1. The van der Waals surface area contributed by atoms with Gasteiger partial charge in [0.25, 0.3) is 11.8 Å². The van der Waals surface area contributed by atoms with Gasteiger partial charge in [0.2, 0.25) is 5.88 Å². The van der Waals surface area contributed by atoms with Crippen LogP contribution in [0.2, 0.25) is 0 Å². The van der Waals surface area contributed by atoms with Gasteiger partial charge in [0.15, 0.2) is 0 Å². The Morgan fingerprint density at radius 3 is 2.29 bits per heavy atom. The summed E-state index contributed by atoms with van der Waals surface area (Å²) in [7, 11) is 0. The fraction of sp³-hybridized carbons (Fsp3) is 0.250. The van der Waals surface area contributed by atoms with Crippen molar-refractivity contribution in [3.05, 3.63) is 63.8 Å². The summed E-state index contributed by atoms with van der Waals surface area (Å²) in [5.74, 6) is 0.524. The molecule has 0 saturated carbocycles. The number of carbonyl (C=O) groups excluding carboxylic acids is 2. The second kappa shape index (κ2) is 7.37. The molecule has 0 bridgehead atoms. The molecule has 0 atom stereocenters. The van der Waals surface area contributed by atoms with Crippen molar-refractivity contribution in [3.63, 3.8) is 0 Å². The molecule has 142 valence electrons. The van der Waals surface area contributed by atoms with E-state index < -0.39 is 0 Å². The Hall–Kier alpha value is -3.31. The summed E-state index contributed by atoms with van der Waals surface area (Å²) >= 11 is 1.41. The molecule has 4 rings (SSSR count). The average Bonchev–Trinajstić information content (AvgIpc) is 3.47. The van der Waals surface area contributed by atoms with Crippen molar-refractivity contribution in [3.8, 4) is 12.0 Å². The average molecular weight is 394 g/mol. The first-order valence-electron chi connectivity index (χ1n) is 8.89. The molecule has 2 amide bonds. The molecule has 0 N–H and O–H groups in total. The second-order valence-electron chi connectivity index (χ2n) is 6.48. The minimum absolute atomic E-state index is 0.00537. The number of nitriles is 1. The Kier molecular flexibility index (Phi) is 4.75. The van der Waals surface area contributed by atoms with Gasteiger partial charge in [0, 0.05) is 38.6 Å². The molecule has 1 fully saturated rings. The number of piperazine rings is 1. The van der Waals surface area contributed by atoms with E-state index in [2.05, 4.69) is 6.07 Å². The molecule has 1 saturated heterocycles. The lowest BCUT2D eigenvalue weighted by molar-refractivity contribution is 0.0537. The van der Waals surface area contributed by atoms with Crippen molar-refractivity contribution in [2.24, 2.45) is 0 Å². The quantitative estimate of drug-likeness (QED) is 0.684. The second-order valence-corrected chi connectivity index (χ2v) is 7.42. The molecule has 7 nitrogen and oxygen atoms in total. The number of nitrogens with zero attached hydrogens (tertiary/aromatic N) is 4. The number of carbonyl (C=O) groups is 2. The highest BCUT2D eigenvalue weighted by Gasteiger charge is 2.31. The number of amides is 2. The van der Waals surface area contributed by atoms with Crippen molar-refractivity contribution in [1.29, 1.82) is 5.26 Å². The van der Waals surface area contributed by atoms with Crippen LogP contribution in [-0.4, -0.2) is 52.4 Å². The highest BCUT2D eigenvalue weighted by Crippen LogP contribution is 2.27. The lowest BCUT2D eigenvalue weighted by Crippen LogP contribution is -2.50. The van der Waals surface area contributed by atoms with Gasteiger partial charge in [0.05, 0.1) is 4.88 Å². The Balaban J connectivity index is 1.52. The van der Waals surface area contributed by atoms with Gasteiger partial charge in [-0.3, -0.25) is 14.2 Å². The number of aryl methyl sites for hydroxylation is 1. The van der Waals surface area contributed by atoms with Crippen LogP contribution in [0.25, 0.3) is 5.88 Å².